The first kappa shape index (κ1) is 34.3. The number of ether oxygens (including phenoxy) is 1. The predicted molar refractivity (Wildman–Crippen MR) is 202 cm³/mol. The molecule has 6 heterocycles. The summed E-state index contributed by atoms with van der Waals surface area (Å²) < 4.78 is 5.83. The number of aliphatic hydroxyl groups excluding tert-OH is 1. The van der Waals surface area contributed by atoms with Crippen molar-refractivity contribution in [3.8, 4) is 0 Å². The first-order valence-corrected chi connectivity index (χ1v) is 19.6. The van der Waals surface area contributed by atoms with E-state index < -0.39 is 28.5 Å². The summed E-state index contributed by atoms with van der Waals surface area (Å²) in [7, 11) is 3.60. The van der Waals surface area contributed by atoms with E-state index in [1.165, 1.54) is 12.7 Å². The highest BCUT2D eigenvalue weighted by Crippen LogP contribution is 2.65. The number of rotatable bonds is 6. The van der Waals surface area contributed by atoms with Crippen LogP contribution >= 0.6 is 0 Å². The van der Waals surface area contributed by atoms with E-state index in [4.69, 9.17) is 4.74 Å². The maximum atomic E-state index is 14.7. The minimum Gasteiger partial charge on any atom is -0.468 e. The summed E-state index contributed by atoms with van der Waals surface area (Å²) in [5.74, 6) is -0.685. The van der Waals surface area contributed by atoms with Gasteiger partial charge in [0, 0.05) is 72.4 Å². The van der Waals surface area contributed by atoms with Crippen molar-refractivity contribution in [3.05, 3.63) is 77.0 Å². The van der Waals surface area contributed by atoms with Crippen molar-refractivity contribution < 1.29 is 24.5 Å². The number of aromatic amines is 1. The van der Waals surface area contributed by atoms with Gasteiger partial charge in [-0.2, -0.15) is 0 Å². The van der Waals surface area contributed by atoms with E-state index in [0.717, 1.165) is 85.1 Å². The van der Waals surface area contributed by atoms with Gasteiger partial charge in [-0.1, -0.05) is 56.3 Å². The molecule has 52 heavy (non-hydrogen) atoms. The van der Waals surface area contributed by atoms with Crippen LogP contribution in [0.5, 0.6) is 0 Å². The van der Waals surface area contributed by atoms with E-state index in [9.17, 15) is 19.8 Å². The number of carbonyl (C=O) groups is 2. The lowest BCUT2D eigenvalue weighted by Crippen LogP contribution is -2.71. The number of aromatic nitrogens is 1. The van der Waals surface area contributed by atoms with Gasteiger partial charge in [-0.15, -0.1) is 0 Å². The molecule has 0 radical (unpaired) electrons. The van der Waals surface area contributed by atoms with Crippen molar-refractivity contribution in [2.24, 2.45) is 17.3 Å². The number of aldehydes is 1. The molecule has 10 atom stereocenters. The molecule has 276 valence electrons. The molecule has 6 unspecified atom stereocenters. The monoisotopic (exact) mass is 706 g/mol. The Morgan fingerprint density at radius 1 is 1.12 bits per heavy atom. The second kappa shape index (κ2) is 12.0. The Hall–Kier alpha value is -3.50. The van der Waals surface area contributed by atoms with Crippen LogP contribution in [0.15, 0.2) is 54.6 Å². The van der Waals surface area contributed by atoms with Crippen molar-refractivity contribution in [2.75, 3.05) is 51.8 Å². The number of benzene rings is 2. The summed E-state index contributed by atoms with van der Waals surface area (Å²) in [6.07, 6.45) is 9.42. The van der Waals surface area contributed by atoms with E-state index in [1.54, 1.807) is 0 Å². The summed E-state index contributed by atoms with van der Waals surface area (Å²) in [4.78, 5) is 38.8. The van der Waals surface area contributed by atoms with Gasteiger partial charge in [-0.3, -0.25) is 14.6 Å². The van der Waals surface area contributed by atoms with Crippen molar-refractivity contribution in [1.29, 1.82) is 0 Å². The quantitative estimate of drug-likeness (QED) is 0.195. The molecule has 9 rings (SSSR count). The van der Waals surface area contributed by atoms with Gasteiger partial charge in [-0.05, 0) is 86.2 Å². The number of methoxy groups -OCH3 is 1. The number of para-hydroxylation sites is 1. The summed E-state index contributed by atoms with van der Waals surface area (Å²) >= 11 is 0. The van der Waals surface area contributed by atoms with Crippen LogP contribution in [0.4, 0.5) is 5.69 Å². The molecular weight excluding hydrogens is 652 g/mol. The fourth-order valence-corrected chi connectivity index (χ4v) is 12.9. The molecule has 5 aliphatic heterocycles. The molecule has 2 bridgehead atoms. The van der Waals surface area contributed by atoms with Gasteiger partial charge < -0.3 is 29.6 Å². The Labute approximate surface area is 307 Å². The van der Waals surface area contributed by atoms with Gasteiger partial charge in [0.2, 0.25) is 0 Å². The molecule has 3 N–H and O–H groups in total. The minimum atomic E-state index is -1.01. The molecule has 2 aromatic carbocycles. The van der Waals surface area contributed by atoms with Crippen LogP contribution in [0.25, 0.3) is 10.9 Å². The summed E-state index contributed by atoms with van der Waals surface area (Å²) in [5, 5.41) is 25.0. The van der Waals surface area contributed by atoms with Crippen LogP contribution in [0.2, 0.25) is 0 Å². The average molecular weight is 707 g/mol. The molecule has 0 amide bonds. The summed E-state index contributed by atoms with van der Waals surface area (Å²) in [6, 6.07) is 15.0. The first-order chi connectivity index (χ1) is 25.1. The molecule has 1 saturated carbocycles. The number of fused-ring (bicyclic) bond motifs is 6. The van der Waals surface area contributed by atoms with Crippen molar-refractivity contribution in [3.63, 3.8) is 0 Å². The molecule has 9 heteroatoms. The second-order valence-electron chi connectivity index (χ2n) is 17.2. The molecule has 3 aromatic rings. The Morgan fingerprint density at radius 3 is 2.71 bits per heavy atom. The number of hydrogen-bond donors (Lipinski definition) is 3. The number of esters is 1. The third-order valence-electron chi connectivity index (χ3n) is 14.9. The molecule has 3 fully saturated rings. The van der Waals surface area contributed by atoms with E-state index in [-0.39, 0.29) is 29.4 Å². The number of likely N-dealkylation sites (N-methyl/N-ethyl adjacent to an activating group) is 1. The maximum Gasteiger partial charge on any atom is 0.318 e. The highest BCUT2D eigenvalue weighted by Gasteiger charge is 2.72. The van der Waals surface area contributed by atoms with Crippen LogP contribution in [0.1, 0.15) is 68.3 Å². The maximum absolute atomic E-state index is 14.7. The number of nitrogens with one attached hydrogen (secondary N) is 1. The molecular formula is C43H54N4O5. The lowest BCUT2D eigenvalue weighted by atomic mass is 9.49. The van der Waals surface area contributed by atoms with Gasteiger partial charge >= 0.3 is 5.97 Å². The standard InChI is InChI=1S/C43H54N4O5/c1-5-40(51)21-28-23-42(39(50)52-4,35-30(14-18-46(24-28)26-40)29-10-7-8-11-33(29)44-35)22-27-12-13-34-32(20-27)43-16-19-47-17-9-15-41(6-2,38(43)47)37(49)31(25-48)36(43)45(34)3/h7-13,15,20,25,28,31,36-38,44,49,51H,5-6,14,16-19,21-24,26H2,1-4H3/t28?,31-,36?,37?,38?,40?,41+,42-,43?/m1/s1. The van der Waals surface area contributed by atoms with Gasteiger partial charge in [0.1, 0.15) is 11.7 Å². The second-order valence-corrected chi connectivity index (χ2v) is 17.2. The van der Waals surface area contributed by atoms with Crippen LogP contribution in [0, 0.1) is 17.3 Å². The zero-order valence-corrected chi connectivity index (χ0v) is 31.1. The zero-order chi connectivity index (χ0) is 36.2. The van der Waals surface area contributed by atoms with Gasteiger partial charge in [0.05, 0.1) is 30.8 Å². The summed E-state index contributed by atoms with van der Waals surface area (Å²) in [6.45, 7) is 8.27. The lowest BCUT2D eigenvalue weighted by Gasteiger charge is -2.60. The lowest BCUT2D eigenvalue weighted by molar-refractivity contribution is -0.149. The number of nitrogens with zero attached hydrogens (tertiary/aromatic N) is 3. The van der Waals surface area contributed by atoms with E-state index >= 15 is 0 Å². The topological polar surface area (TPSA) is 109 Å². The minimum absolute atomic E-state index is 0.0601. The highest BCUT2D eigenvalue weighted by atomic mass is 16.5. The van der Waals surface area contributed by atoms with Crippen molar-refractivity contribution in [1.82, 2.24) is 14.8 Å². The molecule has 1 spiro atoms. The summed E-state index contributed by atoms with van der Waals surface area (Å²) in [5.41, 5.74) is 3.86. The highest BCUT2D eigenvalue weighted by molar-refractivity contribution is 5.91. The van der Waals surface area contributed by atoms with Gasteiger partial charge in [-0.25, -0.2) is 0 Å². The Kier molecular flexibility index (Phi) is 7.91. The van der Waals surface area contributed by atoms with Crippen LogP contribution < -0.4 is 4.90 Å². The third kappa shape index (κ3) is 4.49. The molecule has 1 aliphatic carbocycles. The average Bonchev–Trinajstić information content (AvgIpc) is 3.81. The zero-order valence-electron chi connectivity index (χ0n) is 31.1. The Morgan fingerprint density at radius 2 is 1.94 bits per heavy atom. The molecule has 1 aromatic heterocycles. The fraction of sp³-hybridized carbons (Fsp3) is 0.581. The van der Waals surface area contributed by atoms with E-state index in [2.05, 4.69) is 89.1 Å². The fourth-order valence-electron chi connectivity index (χ4n) is 12.9. The van der Waals surface area contributed by atoms with E-state index in [1.807, 2.05) is 6.07 Å². The number of carbonyl (C=O) groups excluding carboxylic acids is 2. The van der Waals surface area contributed by atoms with Crippen molar-refractivity contribution in [2.45, 2.75) is 93.4 Å². The smallest absolute Gasteiger partial charge is 0.318 e. The Bertz CT molecular complexity index is 1960. The predicted octanol–water partition coefficient (Wildman–Crippen LogP) is 4.52. The number of aliphatic hydroxyl groups is 2. The SMILES string of the molecule is CCC1(O)CC2C[N@](CCc3c([nH]c4ccccc34)[C@](Cc3ccc4c(c3)C35CCN6CC=C[C@@](CC)(C(O)[C@H](C=O)C3N4C)C65)(C(=O)OC)C2)C1. The van der Waals surface area contributed by atoms with Gasteiger partial charge in [0.25, 0.3) is 0 Å². The van der Waals surface area contributed by atoms with Gasteiger partial charge in [0.15, 0.2) is 0 Å². The van der Waals surface area contributed by atoms with E-state index in [0.29, 0.717) is 32.2 Å². The largest absolute Gasteiger partial charge is 0.468 e. The third-order valence-corrected chi connectivity index (χ3v) is 14.9. The number of H-pyrrole nitrogens is 1. The molecule has 2 saturated heterocycles. The normalized spacial score (nSPS) is 39.2. The number of anilines is 1. The van der Waals surface area contributed by atoms with Crippen LogP contribution in [0.3, 0.4) is 0 Å². The van der Waals surface area contributed by atoms with Crippen molar-refractivity contribution >= 4 is 28.8 Å². The number of hydrogen-bond acceptors (Lipinski definition) is 8. The van der Waals surface area contributed by atoms with Crippen LogP contribution in [-0.4, -0.2) is 108 Å². The van der Waals surface area contributed by atoms with Crippen LogP contribution in [-0.2, 0) is 38.0 Å². The number of piperidine rings is 1. The molecule has 6 aliphatic rings. The Balaban J connectivity index is 1.22. The molecule has 9 nitrogen and oxygen atoms in total. The first-order valence-electron chi connectivity index (χ1n) is 19.6.